The molecule has 0 amide bonds. The lowest BCUT2D eigenvalue weighted by Crippen LogP contribution is -2.18. The van der Waals surface area contributed by atoms with Gasteiger partial charge >= 0.3 is 0 Å². The lowest BCUT2D eigenvalue weighted by molar-refractivity contribution is 0.415. The van der Waals surface area contributed by atoms with Crippen molar-refractivity contribution in [1.82, 2.24) is 0 Å². The molecular weight excluding hydrogens is 521 g/mol. The van der Waals surface area contributed by atoms with Crippen molar-refractivity contribution in [2.75, 3.05) is 7.11 Å². The van der Waals surface area contributed by atoms with Crippen molar-refractivity contribution < 1.29 is 4.74 Å². The molecule has 0 fully saturated rings. The Bertz CT molecular complexity index is 1050. The summed E-state index contributed by atoms with van der Waals surface area (Å²) < 4.78 is 1.61. The van der Waals surface area contributed by atoms with E-state index in [-0.39, 0.29) is 17.2 Å². The molecule has 31 heavy (non-hydrogen) atoms. The van der Waals surface area contributed by atoms with Crippen molar-refractivity contribution in [2.24, 2.45) is 9.98 Å². The van der Waals surface area contributed by atoms with E-state index in [1.807, 2.05) is 24.3 Å². The van der Waals surface area contributed by atoms with Crippen LogP contribution >= 0.6 is 69.6 Å². The van der Waals surface area contributed by atoms with Crippen LogP contribution in [0.3, 0.4) is 0 Å². The maximum absolute atomic E-state index is 5.90. The van der Waals surface area contributed by atoms with Crippen LogP contribution in [0.25, 0.3) is 0 Å². The monoisotopic (exact) mass is 534 g/mol. The number of hydrogen-bond acceptors (Lipinski definition) is 2. The predicted octanol–water partition coefficient (Wildman–Crippen LogP) is 7.56. The van der Waals surface area contributed by atoms with Gasteiger partial charge in [-0.05, 0) is 55.5 Å². The van der Waals surface area contributed by atoms with Crippen LogP contribution in [0.2, 0.25) is 0 Å². The average molecular weight is 537 g/mol. The average Bonchev–Trinajstić information content (AvgIpc) is 2.71. The highest BCUT2D eigenvalue weighted by Gasteiger charge is 2.27. The minimum absolute atomic E-state index is 0.0308. The molecule has 0 aliphatic carbocycles. The molecule has 162 valence electrons. The summed E-state index contributed by atoms with van der Waals surface area (Å²) in [6.45, 7) is 5.22. The quantitative estimate of drug-likeness (QED) is 0.172. The summed E-state index contributed by atoms with van der Waals surface area (Å²) in [6, 6.07) is 14.6. The van der Waals surface area contributed by atoms with E-state index in [2.05, 4.69) is 28.4 Å². The van der Waals surface area contributed by atoms with Crippen LogP contribution in [0.5, 0.6) is 5.75 Å². The van der Waals surface area contributed by atoms with Gasteiger partial charge in [-0.2, -0.15) is 0 Å². The minimum atomic E-state index is -1.81. The van der Waals surface area contributed by atoms with E-state index in [0.29, 0.717) is 5.56 Å². The topological polar surface area (TPSA) is 34.0 Å². The number of hydrogen-bond donors (Lipinski definition) is 0. The molecule has 0 bridgehead atoms. The molecule has 0 saturated carbocycles. The number of alkyl halides is 6. The summed E-state index contributed by atoms with van der Waals surface area (Å²) in [5.74, 6) is 7.11. The van der Waals surface area contributed by atoms with E-state index in [1.54, 1.807) is 38.3 Å². The van der Waals surface area contributed by atoms with E-state index in [9.17, 15) is 0 Å². The van der Waals surface area contributed by atoms with Gasteiger partial charge in [0.15, 0.2) is 5.84 Å². The molecule has 0 heterocycles. The Balaban J connectivity index is 2.36. The number of nitrogens with zero attached hydrogens (tertiary/aromatic N) is 2. The highest BCUT2D eigenvalue weighted by Crippen LogP contribution is 2.35. The summed E-state index contributed by atoms with van der Waals surface area (Å²) in [5, 5.41) is 0. The van der Waals surface area contributed by atoms with Gasteiger partial charge in [0.25, 0.3) is 0 Å². The van der Waals surface area contributed by atoms with Gasteiger partial charge in [0.2, 0.25) is 7.59 Å². The number of benzene rings is 2. The molecule has 0 saturated heterocycles. The molecule has 0 atom stereocenters. The molecule has 0 aliphatic heterocycles. The molecule has 0 N–H and O–H groups in total. The number of aliphatic imine (C=N–C) groups is 2. The normalized spacial score (nSPS) is 12.8. The molecular formula is C22H16Cl6N2O. The number of methoxy groups -OCH3 is 1. The second-order valence-corrected chi connectivity index (χ2v) is 10.7. The summed E-state index contributed by atoms with van der Waals surface area (Å²) in [7, 11) is 1.61. The Kier molecular flexibility index (Phi) is 9.15. The van der Waals surface area contributed by atoms with E-state index in [0.717, 1.165) is 16.9 Å². The zero-order chi connectivity index (χ0) is 23.2. The molecule has 0 spiro atoms. The SMILES string of the molecule is C=C(/N=C(\N=C(/C)C(Cl)(Cl)Cl)c1ccc(C#Cc2ccc(OC)cc2)cc1)C(Cl)(Cl)Cl. The molecule has 0 unspecified atom stereocenters. The van der Waals surface area contributed by atoms with Crippen molar-refractivity contribution in [2.45, 2.75) is 14.5 Å². The van der Waals surface area contributed by atoms with Crippen LogP contribution in [-0.4, -0.2) is 26.2 Å². The maximum Gasteiger partial charge on any atom is 0.232 e. The summed E-state index contributed by atoms with van der Waals surface area (Å²) >= 11 is 35.3. The smallest absolute Gasteiger partial charge is 0.232 e. The summed E-state index contributed by atoms with van der Waals surface area (Å²) in [5.41, 5.74) is 2.39. The Morgan fingerprint density at radius 1 is 0.806 bits per heavy atom. The standard InChI is InChI=1S/C22H16Cl6N2O/c1-14(21(23,24)25)29-20(30-15(2)22(26,27)28)18-10-6-16(7-11-18)4-5-17-8-12-19(31-3)13-9-17/h6-13H,1H2,2-3H3/b29-20-,30-15+. The summed E-state index contributed by atoms with van der Waals surface area (Å²) in [6.07, 6.45) is 0. The highest BCUT2D eigenvalue weighted by molar-refractivity contribution is 6.76. The number of amidine groups is 1. The molecule has 3 nitrogen and oxygen atoms in total. The maximum atomic E-state index is 5.90. The van der Waals surface area contributed by atoms with Gasteiger partial charge < -0.3 is 4.74 Å². The number of allylic oxidation sites excluding steroid dienone is 1. The Morgan fingerprint density at radius 3 is 1.71 bits per heavy atom. The van der Waals surface area contributed by atoms with Crippen LogP contribution in [-0.2, 0) is 0 Å². The van der Waals surface area contributed by atoms with Crippen LogP contribution in [0, 0.1) is 11.8 Å². The zero-order valence-corrected chi connectivity index (χ0v) is 20.9. The fourth-order valence-electron chi connectivity index (χ4n) is 2.09. The van der Waals surface area contributed by atoms with Crippen LogP contribution < -0.4 is 4.74 Å². The van der Waals surface area contributed by atoms with Crippen LogP contribution in [0.1, 0.15) is 23.6 Å². The lowest BCUT2D eigenvalue weighted by atomic mass is 10.1. The fraction of sp³-hybridized carbons (Fsp3) is 0.182. The lowest BCUT2D eigenvalue weighted by Gasteiger charge is -2.14. The molecule has 2 aromatic rings. The van der Waals surface area contributed by atoms with E-state index in [1.165, 1.54) is 0 Å². The molecule has 2 rings (SSSR count). The van der Waals surface area contributed by atoms with Gasteiger partial charge in [-0.25, -0.2) is 9.98 Å². The second kappa shape index (κ2) is 11.0. The first-order valence-electron chi connectivity index (χ1n) is 8.64. The van der Waals surface area contributed by atoms with Gasteiger partial charge in [-0.3, -0.25) is 0 Å². The Labute approximate surface area is 211 Å². The number of halogens is 6. The largest absolute Gasteiger partial charge is 0.497 e. The van der Waals surface area contributed by atoms with Crippen LogP contribution in [0.15, 0.2) is 70.8 Å². The van der Waals surface area contributed by atoms with Gasteiger partial charge in [0.05, 0.1) is 18.5 Å². The van der Waals surface area contributed by atoms with Gasteiger partial charge in [0, 0.05) is 16.7 Å². The van der Waals surface area contributed by atoms with Crippen molar-refractivity contribution in [3.8, 4) is 17.6 Å². The van der Waals surface area contributed by atoms with E-state index < -0.39 is 7.59 Å². The molecule has 2 aromatic carbocycles. The molecule has 9 heteroatoms. The summed E-state index contributed by atoms with van der Waals surface area (Å²) in [4.78, 5) is 8.52. The third-order valence-corrected chi connectivity index (χ3v) is 5.31. The molecule has 0 aromatic heterocycles. The van der Waals surface area contributed by atoms with E-state index in [4.69, 9.17) is 74.3 Å². The number of rotatable bonds is 3. The third-order valence-electron chi connectivity index (χ3n) is 3.84. The van der Waals surface area contributed by atoms with Crippen LogP contribution in [0.4, 0.5) is 0 Å². The third kappa shape index (κ3) is 8.24. The molecule has 0 radical (unpaired) electrons. The fourth-order valence-corrected chi connectivity index (χ4v) is 2.34. The van der Waals surface area contributed by atoms with Gasteiger partial charge in [-0.15, -0.1) is 0 Å². The Hall–Kier alpha value is -1.38. The van der Waals surface area contributed by atoms with Crippen molar-refractivity contribution >= 4 is 81.2 Å². The minimum Gasteiger partial charge on any atom is -0.497 e. The highest BCUT2D eigenvalue weighted by atomic mass is 35.6. The first-order valence-corrected chi connectivity index (χ1v) is 10.9. The first-order chi connectivity index (χ1) is 14.4. The molecule has 0 aliphatic rings. The predicted molar refractivity (Wildman–Crippen MR) is 135 cm³/mol. The van der Waals surface area contributed by atoms with Crippen molar-refractivity contribution in [1.29, 1.82) is 0 Å². The first kappa shape index (κ1) is 25.9. The zero-order valence-electron chi connectivity index (χ0n) is 16.4. The van der Waals surface area contributed by atoms with Gasteiger partial charge in [0.1, 0.15) is 5.75 Å². The second-order valence-electron chi connectivity index (χ2n) is 6.13. The van der Waals surface area contributed by atoms with E-state index >= 15 is 0 Å². The number of ether oxygens (including phenoxy) is 1. The van der Waals surface area contributed by atoms with Gasteiger partial charge in [-0.1, -0.05) is 88.0 Å². The van der Waals surface area contributed by atoms with Crippen molar-refractivity contribution in [3.05, 3.63) is 77.5 Å². The van der Waals surface area contributed by atoms with Crippen molar-refractivity contribution in [3.63, 3.8) is 0 Å². The Morgan fingerprint density at radius 2 is 1.29 bits per heavy atom.